The minimum absolute atomic E-state index is 0.289. The quantitative estimate of drug-likeness (QED) is 0.542. The normalized spacial score (nSPS) is 16.4. The Labute approximate surface area is 184 Å². The Kier molecular flexibility index (Phi) is 7.27. The molecule has 2 aliphatic rings. The van der Waals surface area contributed by atoms with Crippen LogP contribution in [0.4, 0.5) is 0 Å². The molecule has 0 radical (unpaired) electrons. The molecule has 166 valence electrons. The molecule has 2 aromatic carbocycles. The SMILES string of the molecule is CN=C(NCc1cccc(COC2CCOCC2)c1)N(C)Cc1ccc2c(c1)OCO2. The molecular weight excluding hydrogens is 394 g/mol. The number of rotatable bonds is 7. The zero-order chi connectivity index (χ0) is 21.5. The van der Waals surface area contributed by atoms with Crippen molar-refractivity contribution in [3.05, 3.63) is 59.2 Å². The highest BCUT2D eigenvalue weighted by atomic mass is 16.7. The van der Waals surface area contributed by atoms with E-state index in [1.165, 1.54) is 11.1 Å². The minimum atomic E-state index is 0.289. The van der Waals surface area contributed by atoms with Crippen LogP contribution in [0.2, 0.25) is 0 Å². The second kappa shape index (κ2) is 10.5. The third-order valence-corrected chi connectivity index (χ3v) is 5.53. The molecule has 0 amide bonds. The highest BCUT2D eigenvalue weighted by Crippen LogP contribution is 2.32. The minimum Gasteiger partial charge on any atom is -0.454 e. The largest absolute Gasteiger partial charge is 0.454 e. The standard InChI is InChI=1S/C24H31N3O4/c1-25-24(27(2)15-19-6-7-22-23(13-19)31-17-30-22)26-14-18-4-3-5-20(12-18)16-29-21-8-10-28-11-9-21/h3-7,12-13,21H,8-11,14-17H2,1-2H3,(H,25,26). The number of nitrogens with one attached hydrogen (secondary N) is 1. The Bertz CT molecular complexity index is 896. The van der Waals surface area contributed by atoms with Crippen LogP contribution in [0.5, 0.6) is 11.5 Å². The van der Waals surface area contributed by atoms with Crippen LogP contribution >= 0.6 is 0 Å². The lowest BCUT2D eigenvalue weighted by Gasteiger charge is -2.23. The van der Waals surface area contributed by atoms with Gasteiger partial charge in [-0.3, -0.25) is 4.99 Å². The fourth-order valence-corrected chi connectivity index (χ4v) is 3.84. The number of hydrogen-bond acceptors (Lipinski definition) is 5. The van der Waals surface area contributed by atoms with Gasteiger partial charge in [-0.15, -0.1) is 0 Å². The summed E-state index contributed by atoms with van der Waals surface area (Å²) in [5.74, 6) is 2.43. The lowest BCUT2D eigenvalue weighted by atomic mass is 10.1. The lowest BCUT2D eigenvalue weighted by Crippen LogP contribution is -2.38. The molecule has 31 heavy (non-hydrogen) atoms. The predicted molar refractivity (Wildman–Crippen MR) is 119 cm³/mol. The third-order valence-electron chi connectivity index (χ3n) is 5.53. The van der Waals surface area contributed by atoms with Gasteiger partial charge in [0, 0.05) is 40.4 Å². The van der Waals surface area contributed by atoms with Crippen molar-refractivity contribution in [2.45, 2.75) is 38.6 Å². The van der Waals surface area contributed by atoms with Gasteiger partial charge < -0.3 is 29.2 Å². The van der Waals surface area contributed by atoms with Crippen LogP contribution in [0.15, 0.2) is 47.5 Å². The zero-order valence-corrected chi connectivity index (χ0v) is 18.3. The van der Waals surface area contributed by atoms with E-state index in [0.29, 0.717) is 19.3 Å². The van der Waals surface area contributed by atoms with Crippen LogP contribution in [-0.4, -0.2) is 51.1 Å². The number of benzene rings is 2. The van der Waals surface area contributed by atoms with E-state index < -0.39 is 0 Å². The molecule has 0 atom stereocenters. The monoisotopic (exact) mass is 425 g/mol. The number of guanidine groups is 1. The van der Waals surface area contributed by atoms with Crippen molar-refractivity contribution in [1.29, 1.82) is 0 Å². The highest BCUT2D eigenvalue weighted by Gasteiger charge is 2.15. The topological polar surface area (TPSA) is 64.6 Å². The van der Waals surface area contributed by atoms with Crippen molar-refractivity contribution >= 4 is 5.96 Å². The van der Waals surface area contributed by atoms with E-state index in [4.69, 9.17) is 18.9 Å². The number of hydrogen-bond donors (Lipinski definition) is 1. The molecule has 1 N–H and O–H groups in total. The molecule has 7 heteroatoms. The van der Waals surface area contributed by atoms with Gasteiger partial charge in [-0.1, -0.05) is 30.3 Å². The lowest BCUT2D eigenvalue weighted by molar-refractivity contribution is -0.0390. The summed E-state index contributed by atoms with van der Waals surface area (Å²) in [4.78, 5) is 6.52. The average molecular weight is 426 g/mol. The summed E-state index contributed by atoms with van der Waals surface area (Å²) in [6.45, 7) is 3.94. The Morgan fingerprint density at radius 3 is 2.71 bits per heavy atom. The van der Waals surface area contributed by atoms with Gasteiger partial charge in [-0.25, -0.2) is 0 Å². The first-order valence-electron chi connectivity index (χ1n) is 10.8. The first-order chi connectivity index (χ1) is 15.2. The Balaban J connectivity index is 1.28. The summed E-state index contributed by atoms with van der Waals surface area (Å²) >= 11 is 0. The molecule has 0 saturated carbocycles. The third kappa shape index (κ3) is 5.89. The Hall–Kier alpha value is -2.77. The Morgan fingerprint density at radius 1 is 1.06 bits per heavy atom. The molecule has 2 aliphatic heterocycles. The van der Waals surface area contributed by atoms with Crippen molar-refractivity contribution < 1.29 is 18.9 Å². The van der Waals surface area contributed by atoms with Gasteiger partial charge >= 0.3 is 0 Å². The van der Waals surface area contributed by atoms with Gasteiger partial charge in [-0.05, 0) is 41.7 Å². The van der Waals surface area contributed by atoms with E-state index in [-0.39, 0.29) is 6.79 Å². The van der Waals surface area contributed by atoms with Crippen LogP contribution in [0, 0.1) is 0 Å². The van der Waals surface area contributed by atoms with E-state index >= 15 is 0 Å². The summed E-state index contributed by atoms with van der Waals surface area (Å²) in [7, 11) is 3.83. The molecule has 1 fully saturated rings. The van der Waals surface area contributed by atoms with Gasteiger partial charge in [-0.2, -0.15) is 0 Å². The van der Waals surface area contributed by atoms with Crippen molar-refractivity contribution in [3.8, 4) is 11.5 Å². The van der Waals surface area contributed by atoms with Crippen LogP contribution in [-0.2, 0) is 29.2 Å². The van der Waals surface area contributed by atoms with Gasteiger partial charge in [0.05, 0.1) is 12.7 Å². The van der Waals surface area contributed by atoms with E-state index in [9.17, 15) is 0 Å². The second-order valence-corrected chi connectivity index (χ2v) is 7.89. The first kappa shape index (κ1) is 21.5. The summed E-state index contributed by atoms with van der Waals surface area (Å²) in [6, 6.07) is 14.5. The van der Waals surface area contributed by atoms with Crippen LogP contribution < -0.4 is 14.8 Å². The molecule has 0 aliphatic carbocycles. The molecular formula is C24H31N3O4. The maximum atomic E-state index is 6.06. The fraction of sp³-hybridized carbons (Fsp3) is 0.458. The first-order valence-corrected chi connectivity index (χ1v) is 10.8. The van der Waals surface area contributed by atoms with Crippen molar-refractivity contribution in [2.24, 2.45) is 4.99 Å². The molecule has 0 unspecified atom stereocenters. The molecule has 4 rings (SSSR count). The zero-order valence-electron chi connectivity index (χ0n) is 18.3. The Morgan fingerprint density at radius 2 is 1.87 bits per heavy atom. The van der Waals surface area contributed by atoms with Crippen LogP contribution in [0.1, 0.15) is 29.5 Å². The molecule has 0 bridgehead atoms. The summed E-state index contributed by atoms with van der Waals surface area (Å²) in [5.41, 5.74) is 3.53. The van der Waals surface area contributed by atoms with E-state index in [1.54, 1.807) is 7.05 Å². The van der Waals surface area contributed by atoms with Crippen LogP contribution in [0.3, 0.4) is 0 Å². The average Bonchev–Trinajstić information content (AvgIpc) is 3.27. The molecule has 7 nitrogen and oxygen atoms in total. The molecule has 0 aromatic heterocycles. The van der Waals surface area contributed by atoms with Crippen LogP contribution in [0.25, 0.3) is 0 Å². The summed E-state index contributed by atoms with van der Waals surface area (Å²) < 4.78 is 22.3. The summed E-state index contributed by atoms with van der Waals surface area (Å²) in [6.07, 6.45) is 2.26. The van der Waals surface area contributed by atoms with E-state index in [0.717, 1.165) is 55.6 Å². The maximum Gasteiger partial charge on any atom is 0.231 e. The van der Waals surface area contributed by atoms with Gasteiger partial charge in [0.25, 0.3) is 0 Å². The molecule has 2 heterocycles. The van der Waals surface area contributed by atoms with Crippen molar-refractivity contribution in [1.82, 2.24) is 10.2 Å². The summed E-state index contributed by atoms with van der Waals surface area (Å²) in [5, 5.41) is 3.45. The van der Waals surface area contributed by atoms with Crippen molar-refractivity contribution in [3.63, 3.8) is 0 Å². The predicted octanol–water partition coefficient (Wildman–Crippen LogP) is 3.32. The van der Waals surface area contributed by atoms with Crippen molar-refractivity contribution in [2.75, 3.05) is 34.1 Å². The fourth-order valence-electron chi connectivity index (χ4n) is 3.84. The number of nitrogens with zero attached hydrogens (tertiary/aromatic N) is 2. The highest BCUT2D eigenvalue weighted by molar-refractivity contribution is 5.79. The smallest absolute Gasteiger partial charge is 0.231 e. The van der Waals surface area contributed by atoms with E-state index in [2.05, 4.69) is 45.5 Å². The molecule has 1 saturated heterocycles. The van der Waals surface area contributed by atoms with E-state index in [1.807, 2.05) is 19.2 Å². The number of fused-ring (bicyclic) bond motifs is 1. The maximum absolute atomic E-state index is 6.06. The second-order valence-electron chi connectivity index (χ2n) is 7.89. The number of aliphatic imine (C=N–C) groups is 1. The van der Waals surface area contributed by atoms with Gasteiger partial charge in [0.2, 0.25) is 6.79 Å². The van der Waals surface area contributed by atoms with Gasteiger partial charge in [0.15, 0.2) is 17.5 Å². The molecule has 2 aromatic rings. The van der Waals surface area contributed by atoms with Gasteiger partial charge in [0.1, 0.15) is 0 Å². The number of ether oxygens (including phenoxy) is 4. The molecule has 0 spiro atoms.